The largest absolute Gasteiger partial charge is 0.494 e. The lowest BCUT2D eigenvalue weighted by Crippen LogP contribution is -2.11. The highest BCUT2D eigenvalue weighted by Crippen LogP contribution is 2.28. The first-order valence-corrected chi connectivity index (χ1v) is 6.81. The predicted octanol–water partition coefficient (Wildman–Crippen LogP) is 2.89. The van der Waals surface area contributed by atoms with E-state index < -0.39 is 0 Å². The summed E-state index contributed by atoms with van der Waals surface area (Å²) in [4.78, 5) is 16.4. The Labute approximate surface area is 122 Å². The molecular formula is C14H17ClN2O3. The first-order chi connectivity index (χ1) is 9.47. The molecule has 20 heavy (non-hydrogen) atoms. The minimum Gasteiger partial charge on any atom is -0.494 e. The summed E-state index contributed by atoms with van der Waals surface area (Å²) in [5.41, 5.74) is 1.91. The van der Waals surface area contributed by atoms with E-state index in [1.807, 2.05) is 25.5 Å². The molecule has 0 aliphatic carbocycles. The Morgan fingerprint density at radius 3 is 2.70 bits per heavy atom. The summed E-state index contributed by atoms with van der Waals surface area (Å²) in [5, 5.41) is 0. The maximum absolute atomic E-state index is 12.0. The molecule has 6 heteroatoms. The van der Waals surface area contributed by atoms with Gasteiger partial charge in [0, 0.05) is 7.05 Å². The van der Waals surface area contributed by atoms with Gasteiger partial charge >= 0.3 is 5.97 Å². The quantitative estimate of drug-likeness (QED) is 0.643. The van der Waals surface area contributed by atoms with Crippen LogP contribution < -0.4 is 4.74 Å². The highest BCUT2D eigenvalue weighted by molar-refractivity contribution is 6.17. The van der Waals surface area contributed by atoms with E-state index in [4.69, 9.17) is 21.1 Å². The predicted molar refractivity (Wildman–Crippen MR) is 77.4 cm³/mol. The van der Waals surface area contributed by atoms with Gasteiger partial charge in [0.1, 0.15) is 17.1 Å². The van der Waals surface area contributed by atoms with Crippen molar-refractivity contribution in [1.82, 2.24) is 9.55 Å². The number of fused-ring (bicyclic) bond motifs is 1. The molecule has 0 bridgehead atoms. The first kappa shape index (κ1) is 14.7. The highest BCUT2D eigenvalue weighted by atomic mass is 35.5. The maximum atomic E-state index is 12.0. The Hall–Kier alpha value is -1.75. The van der Waals surface area contributed by atoms with Crippen LogP contribution in [-0.2, 0) is 17.7 Å². The topological polar surface area (TPSA) is 53.4 Å². The molecular weight excluding hydrogens is 280 g/mol. The molecule has 0 saturated carbocycles. The third-order valence-corrected chi connectivity index (χ3v) is 3.20. The third kappa shape index (κ3) is 2.58. The minimum absolute atomic E-state index is 0.172. The van der Waals surface area contributed by atoms with Crippen molar-refractivity contribution in [1.29, 1.82) is 0 Å². The monoisotopic (exact) mass is 296 g/mol. The molecule has 0 unspecified atom stereocenters. The van der Waals surface area contributed by atoms with E-state index in [2.05, 4.69) is 4.98 Å². The third-order valence-electron chi connectivity index (χ3n) is 2.96. The van der Waals surface area contributed by atoms with Crippen LogP contribution in [0.1, 0.15) is 30.0 Å². The molecule has 0 fully saturated rings. The summed E-state index contributed by atoms with van der Waals surface area (Å²) in [7, 11) is 3.39. The van der Waals surface area contributed by atoms with Crippen molar-refractivity contribution in [3.63, 3.8) is 0 Å². The van der Waals surface area contributed by atoms with E-state index in [9.17, 15) is 4.79 Å². The van der Waals surface area contributed by atoms with Gasteiger partial charge in [-0.2, -0.15) is 0 Å². The van der Waals surface area contributed by atoms with Crippen molar-refractivity contribution in [2.24, 2.45) is 7.05 Å². The van der Waals surface area contributed by atoms with Crippen LogP contribution in [0.4, 0.5) is 0 Å². The average Bonchev–Trinajstić information content (AvgIpc) is 2.74. The number of hydrogen-bond acceptors (Lipinski definition) is 4. The lowest BCUT2D eigenvalue weighted by molar-refractivity contribution is 0.0377. The molecule has 0 spiro atoms. The second kappa shape index (κ2) is 5.71. The fraction of sp³-hybridized carbons (Fsp3) is 0.429. The summed E-state index contributed by atoms with van der Waals surface area (Å²) in [5.74, 6) is 1.16. The summed E-state index contributed by atoms with van der Waals surface area (Å²) in [6.45, 7) is 3.62. The molecule has 2 aromatic rings. The summed E-state index contributed by atoms with van der Waals surface area (Å²) >= 11 is 5.85. The van der Waals surface area contributed by atoms with Crippen LogP contribution in [0.25, 0.3) is 11.0 Å². The number of imidazole rings is 1. The molecule has 0 aliphatic rings. The highest BCUT2D eigenvalue weighted by Gasteiger charge is 2.17. The number of rotatable bonds is 4. The number of esters is 1. The second-order valence-electron chi connectivity index (χ2n) is 4.72. The van der Waals surface area contributed by atoms with Crippen LogP contribution in [0.5, 0.6) is 5.75 Å². The fourth-order valence-electron chi connectivity index (χ4n) is 1.98. The normalized spacial score (nSPS) is 11.1. The van der Waals surface area contributed by atoms with Crippen molar-refractivity contribution in [3.8, 4) is 5.75 Å². The number of halogens is 1. The summed E-state index contributed by atoms with van der Waals surface area (Å²) < 4.78 is 12.4. The number of nitrogens with zero attached hydrogens (tertiary/aromatic N) is 2. The van der Waals surface area contributed by atoms with E-state index in [1.165, 1.54) is 0 Å². The standard InChI is InChI=1S/C14H17ClN2O3/c1-8(2)20-14(18)9-5-10-13(11(6-9)19-4)16-12(7-15)17(10)3/h5-6,8H,7H2,1-4H3. The zero-order valence-corrected chi connectivity index (χ0v) is 12.7. The zero-order chi connectivity index (χ0) is 14.9. The number of alkyl halides is 1. The van der Waals surface area contributed by atoms with Gasteiger partial charge in [-0.1, -0.05) is 0 Å². The molecule has 5 nitrogen and oxygen atoms in total. The maximum Gasteiger partial charge on any atom is 0.338 e. The molecule has 0 saturated heterocycles. The van der Waals surface area contributed by atoms with E-state index in [-0.39, 0.29) is 12.1 Å². The molecule has 2 rings (SSSR count). The SMILES string of the molecule is COc1cc(C(=O)OC(C)C)cc2c1nc(CCl)n2C. The van der Waals surface area contributed by atoms with E-state index in [1.54, 1.807) is 19.2 Å². The average molecular weight is 297 g/mol. The summed E-state index contributed by atoms with van der Waals surface area (Å²) in [6, 6.07) is 3.38. The molecule has 0 amide bonds. The van der Waals surface area contributed by atoms with Gasteiger partial charge in [-0.15, -0.1) is 11.6 Å². The van der Waals surface area contributed by atoms with E-state index in [0.29, 0.717) is 28.5 Å². The Morgan fingerprint density at radius 2 is 2.15 bits per heavy atom. The molecule has 0 radical (unpaired) electrons. The fourth-order valence-corrected chi connectivity index (χ4v) is 2.22. The van der Waals surface area contributed by atoms with Crippen molar-refractivity contribution < 1.29 is 14.3 Å². The first-order valence-electron chi connectivity index (χ1n) is 6.28. The second-order valence-corrected chi connectivity index (χ2v) is 4.99. The number of benzene rings is 1. The van der Waals surface area contributed by atoms with E-state index >= 15 is 0 Å². The summed E-state index contributed by atoms with van der Waals surface area (Å²) in [6.07, 6.45) is -0.172. The van der Waals surface area contributed by atoms with Gasteiger partial charge in [0.2, 0.25) is 0 Å². The number of hydrogen-bond donors (Lipinski definition) is 0. The lowest BCUT2D eigenvalue weighted by Gasteiger charge is -2.09. The minimum atomic E-state index is -0.381. The number of carbonyl (C=O) groups is 1. The lowest BCUT2D eigenvalue weighted by atomic mass is 10.2. The van der Waals surface area contributed by atoms with Crippen LogP contribution in [0.2, 0.25) is 0 Å². The molecule has 1 aromatic heterocycles. The number of aryl methyl sites for hydroxylation is 1. The van der Waals surface area contributed by atoms with Gasteiger partial charge in [0.25, 0.3) is 0 Å². The number of aromatic nitrogens is 2. The molecule has 0 N–H and O–H groups in total. The van der Waals surface area contributed by atoms with Gasteiger partial charge in [-0.3, -0.25) is 0 Å². The molecule has 1 heterocycles. The smallest absolute Gasteiger partial charge is 0.338 e. The number of carbonyl (C=O) groups excluding carboxylic acids is 1. The number of ether oxygens (including phenoxy) is 2. The van der Waals surface area contributed by atoms with Crippen molar-refractivity contribution in [2.45, 2.75) is 25.8 Å². The van der Waals surface area contributed by atoms with Crippen LogP contribution in [0, 0.1) is 0 Å². The van der Waals surface area contributed by atoms with Crippen LogP contribution >= 0.6 is 11.6 Å². The Balaban J connectivity index is 2.59. The van der Waals surface area contributed by atoms with Crippen LogP contribution in [-0.4, -0.2) is 28.7 Å². The Kier molecular flexibility index (Phi) is 4.18. The molecule has 1 aromatic carbocycles. The molecule has 0 aliphatic heterocycles. The van der Waals surface area contributed by atoms with Gasteiger partial charge in [0.15, 0.2) is 0 Å². The zero-order valence-electron chi connectivity index (χ0n) is 11.9. The van der Waals surface area contributed by atoms with E-state index in [0.717, 1.165) is 5.52 Å². The van der Waals surface area contributed by atoms with Crippen molar-refractivity contribution in [2.75, 3.05) is 7.11 Å². The van der Waals surface area contributed by atoms with Gasteiger partial charge in [-0.25, -0.2) is 9.78 Å². The molecule has 0 atom stereocenters. The Morgan fingerprint density at radius 1 is 1.45 bits per heavy atom. The van der Waals surface area contributed by atoms with Crippen molar-refractivity contribution >= 4 is 28.6 Å². The molecule has 108 valence electrons. The van der Waals surface area contributed by atoms with Crippen molar-refractivity contribution in [3.05, 3.63) is 23.5 Å². The number of methoxy groups -OCH3 is 1. The van der Waals surface area contributed by atoms with Gasteiger partial charge < -0.3 is 14.0 Å². The van der Waals surface area contributed by atoms with Gasteiger partial charge in [0.05, 0.1) is 30.2 Å². The Bertz CT molecular complexity index is 649. The van der Waals surface area contributed by atoms with Crippen LogP contribution in [0.3, 0.4) is 0 Å². The van der Waals surface area contributed by atoms with Gasteiger partial charge in [-0.05, 0) is 26.0 Å². The van der Waals surface area contributed by atoms with Crippen LogP contribution in [0.15, 0.2) is 12.1 Å².